The van der Waals surface area contributed by atoms with Crippen LogP contribution in [0.5, 0.6) is 0 Å². The van der Waals surface area contributed by atoms with Crippen molar-refractivity contribution in [3.8, 4) is 0 Å². The van der Waals surface area contributed by atoms with Crippen LogP contribution in [-0.2, 0) is 0 Å². The first-order valence-electron chi connectivity index (χ1n) is 10.6. The maximum absolute atomic E-state index is 6.61. The molecule has 0 amide bonds. The van der Waals surface area contributed by atoms with Gasteiger partial charge in [-0.3, -0.25) is 0 Å². The number of fused-ring (bicyclic) bond motifs is 4. The zero-order chi connectivity index (χ0) is 17.2. The van der Waals surface area contributed by atoms with E-state index in [1.807, 2.05) is 0 Å². The standard InChI is InChI=1S/C22H37ClSi/c1-6-15-9-17-11-20(15)22(13(17)2)21-14(3)19-12-18(21)10-16(19)7-8-24(4,5)23/h6,13-22H,1,7-12H2,2-5H3. The second kappa shape index (κ2) is 6.15. The van der Waals surface area contributed by atoms with Crippen LogP contribution >= 0.6 is 11.1 Å². The Morgan fingerprint density at radius 2 is 1.67 bits per heavy atom. The predicted octanol–water partition coefficient (Wildman–Crippen LogP) is 6.82. The van der Waals surface area contributed by atoms with Gasteiger partial charge in [-0.2, -0.15) is 11.1 Å². The monoisotopic (exact) mass is 364 g/mol. The molecule has 10 atom stereocenters. The highest BCUT2D eigenvalue weighted by Gasteiger charge is 2.59. The highest BCUT2D eigenvalue weighted by Crippen LogP contribution is 2.66. The summed E-state index contributed by atoms with van der Waals surface area (Å²) in [5.74, 6) is 9.84. The van der Waals surface area contributed by atoms with Crippen LogP contribution in [0.25, 0.3) is 0 Å². The van der Waals surface area contributed by atoms with Gasteiger partial charge in [-0.25, -0.2) is 0 Å². The molecule has 10 unspecified atom stereocenters. The van der Waals surface area contributed by atoms with Gasteiger partial charge in [-0.15, -0.1) is 6.58 Å². The summed E-state index contributed by atoms with van der Waals surface area (Å²) in [5, 5.41) is 0. The molecular formula is C22H37ClSi. The first-order chi connectivity index (χ1) is 11.3. The molecule has 136 valence electrons. The SMILES string of the molecule is C=CC1CC2CC1C(C1C3CC(CC[Si](C)(C)Cl)C(C3)C1C)C2C. The van der Waals surface area contributed by atoms with Gasteiger partial charge >= 0.3 is 0 Å². The Hall–Kier alpha value is 0.247. The molecule has 4 rings (SSSR count). The molecule has 4 saturated carbocycles. The number of hydrogen-bond donors (Lipinski definition) is 0. The van der Waals surface area contributed by atoms with Crippen molar-refractivity contribution in [3.63, 3.8) is 0 Å². The van der Waals surface area contributed by atoms with Gasteiger partial charge in [-0.05, 0) is 90.9 Å². The van der Waals surface area contributed by atoms with E-state index >= 15 is 0 Å². The van der Waals surface area contributed by atoms with Crippen molar-refractivity contribution in [2.75, 3.05) is 0 Å². The molecule has 4 bridgehead atoms. The summed E-state index contributed by atoms with van der Waals surface area (Å²) in [5.41, 5.74) is 0. The summed E-state index contributed by atoms with van der Waals surface area (Å²) < 4.78 is 0. The molecule has 0 saturated heterocycles. The smallest absolute Gasteiger partial charge is 0.150 e. The van der Waals surface area contributed by atoms with Crippen LogP contribution in [0.2, 0.25) is 19.1 Å². The van der Waals surface area contributed by atoms with Crippen molar-refractivity contribution in [1.82, 2.24) is 0 Å². The molecule has 0 aromatic carbocycles. The largest absolute Gasteiger partial charge is 0.168 e. The first kappa shape index (κ1) is 17.7. The number of hydrogen-bond acceptors (Lipinski definition) is 0. The lowest BCUT2D eigenvalue weighted by atomic mass is 9.61. The third-order valence-corrected chi connectivity index (χ3v) is 11.1. The summed E-state index contributed by atoms with van der Waals surface area (Å²) in [6.45, 7) is 14.0. The first-order valence-corrected chi connectivity index (χ1v) is 14.8. The molecule has 0 aromatic heterocycles. The van der Waals surface area contributed by atoms with Crippen molar-refractivity contribution in [3.05, 3.63) is 12.7 Å². The van der Waals surface area contributed by atoms with E-state index in [1.54, 1.807) is 6.42 Å². The summed E-state index contributed by atoms with van der Waals surface area (Å²) in [6.07, 6.45) is 9.75. The third-order valence-electron chi connectivity index (χ3n) is 9.01. The van der Waals surface area contributed by atoms with E-state index in [1.165, 1.54) is 31.7 Å². The quantitative estimate of drug-likeness (QED) is 0.285. The minimum Gasteiger partial charge on any atom is -0.168 e. The number of halogens is 1. The maximum atomic E-state index is 6.61. The summed E-state index contributed by atoms with van der Waals surface area (Å²) in [4.78, 5) is 0. The average molecular weight is 365 g/mol. The lowest BCUT2D eigenvalue weighted by Gasteiger charge is -2.44. The second-order valence-corrected chi connectivity index (χ2v) is 17.6. The molecular weight excluding hydrogens is 328 g/mol. The van der Waals surface area contributed by atoms with Crippen LogP contribution in [0.4, 0.5) is 0 Å². The molecule has 4 fully saturated rings. The molecule has 0 radical (unpaired) electrons. The zero-order valence-electron chi connectivity index (χ0n) is 16.2. The van der Waals surface area contributed by atoms with Crippen molar-refractivity contribution >= 4 is 18.5 Å². The molecule has 24 heavy (non-hydrogen) atoms. The fraction of sp³-hybridized carbons (Fsp3) is 0.909. The van der Waals surface area contributed by atoms with E-state index in [0.29, 0.717) is 0 Å². The highest BCUT2D eigenvalue weighted by atomic mass is 35.6. The van der Waals surface area contributed by atoms with E-state index in [9.17, 15) is 0 Å². The van der Waals surface area contributed by atoms with Crippen LogP contribution < -0.4 is 0 Å². The van der Waals surface area contributed by atoms with Gasteiger partial charge in [-0.1, -0.05) is 39.4 Å². The predicted molar refractivity (Wildman–Crippen MR) is 108 cm³/mol. The lowest BCUT2D eigenvalue weighted by Crippen LogP contribution is -2.39. The molecule has 0 nitrogen and oxygen atoms in total. The van der Waals surface area contributed by atoms with Gasteiger partial charge in [0, 0.05) is 0 Å². The normalized spacial score (nSPS) is 53.0. The molecule has 0 aromatic rings. The molecule has 0 aliphatic heterocycles. The number of rotatable bonds is 5. The Balaban J connectivity index is 1.45. The van der Waals surface area contributed by atoms with Gasteiger partial charge in [0.1, 0.15) is 0 Å². The molecule has 0 N–H and O–H groups in total. The van der Waals surface area contributed by atoms with Crippen LogP contribution in [0.3, 0.4) is 0 Å². The van der Waals surface area contributed by atoms with Crippen LogP contribution in [0.15, 0.2) is 12.7 Å². The minimum absolute atomic E-state index is 0.835. The van der Waals surface area contributed by atoms with Crippen LogP contribution in [-0.4, -0.2) is 7.38 Å². The summed E-state index contributed by atoms with van der Waals surface area (Å²) in [7, 11) is -1.39. The van der Waals surface area contributed by atoms with Crippen molar-refractivity contribution in [1.29, 1.82) is 0 Å². The van der Waals surface area contributed by atoms with E-state index < -0.39 is 7.38 Å². The maximum Gasteiger partial charge on any atom is 0.150 e. The number of allylic oxidation sites excluding steroid dienone is 1. The van der Waals surface area contributed by atoms with E-state index in [-0.39, 0.29) is 0 Å². The summed E-state index contributed by atoms with van der Waals surface area (Å²) >= 11 is 6.61. The van der Waals surface area contributed by atoms with Gasteiger partial charge in [0.05, 0.1) is 0 Å². The lowest BCUT2D eigenvalue weighted by molar-refractivity contribution is 0.0447. The molecule has 2 heteroatoms. The highest BCUT2D eigenvalue weighted by molar-refractivity contribution is 7.19. The third kappa shape index (κ3) is 2.77. The van der Waals surface area contributed by atoms with Gasteiger partial charge in [0.2, 0.25) is 0 Å². The van der Waals surface area contributed by atoms with Gasteiger partial charge in [0.25, 0.3) is 0 Å². The van der Waals surface area contributed by atoms with Crippen molar-refractivity contribution in [2.45, 2.75) is 65.1 Å². The van der Waals surface area contributed by atoms with Crippen molar-refractivity contribution < 1.29 is 0 Å². The topological polar surface area (TPSA) is 0 Å². The fourth-order valence-corrected chi connectivity index (χ4v) is 9.41. The van der Waals surface area contributed by atoms with Gasteiger partial charge in [0.15, 0.2) is 7.38 Å². The fourth-order valence-electron chi connectivity index (χ4n) is 8.03. The average Bonchev–Trinajstić information content (AvgIpc) is 3.23. The molecule has 4 aliphatic rings. The van der Waals surface area contributed by atoms with E-state index in [2.05, 4.69) is 39.6 Å². The molecule has 0 spiro atoms. The second-order valence-electron chi connectivity index (χ2n) is 10.6. The Morgan fingerprint density at radius 3 is 2.25 bits per heavy atom. The van der Waals surface area contributed by atoms with Crippen molar-refractivity contribution in [2.24, 2.45) is 59.2 Å². The van der Waals surface area contributed by atoms with Crippen LogP contribution in [0, 0.1) is 59.2 Å². The Labute approximate surface area is 155 Å². The Kier molecular flexibility index (Phi) is 4.52. The van der Waals surface area contributed by atoms with Crippen LogP contribution in [0.1, 0.15) is 46.0 Å². The minimum atomic E-state index is -1.39. The summed E-state index contributed by atoms with van der Waals surface area (Å²) in [6, 6.07) is 1.32. The van der Waals surface area contributed by atoms with E-state index in [0.717, 1.165) is 59.2 Å². The zero-order valence-corrected chi connectivity index (χ0v) is 17.9. The molecule has 4 aliphatic carbocycles. The molecule has 0 heterocycles. The van der Waals surface area contributed by atoms with Gasteiger partial charge < -0.3 is 0 Å². The van der Waals surface area contributed by atoms with E-state index in [4.69, 9.17) is 11.1 Å². The Morgan fingerprint density at radius 1 is 0.958 bits per heavy atom. The Bertz CT molecular complexity index is 493.